The Balaban J connectivity index is 2.21. The molecule has 1 saturated heterocycles. The van der Waals surface area contributed by atoms with E-state index in [-0.39, 0.29) is 17.4 Å². The van der Waals surface area contributed by atoms with Gasteiger partial charge in [0.25, 0.3) is 0 Å². The summed E-state index contributed by atoms with van der Waals surface area (Å²) in [7, 11) is -0.461. The number of halogens is 3. The number of hydrogen-bond donors (Lipinski definition) is 0. The van der Waals surface area contributed by atoms with Crippen molar-refractivity contribution in [1.82, 2.24) is 4.31 Å². The van der Waals surface area contributed by atoms with Crippen molar-refractivity contribution >= 4 is 17.0 Å². The Morgan fingerprint density at radius 1 is 1.39 bits per heavy atom. The number of esters is 1. The van der Waals surface area contributed by atoms with E-state index in [2.05, 4.69) is 4.74 Å². The zero-order valence-corrected chi connectivity index (χ0v) is 13.5. The Kier molecular flexibility index (Phi) is 5.80. The fraction of sp³-hybridized carbons (Fsp3) is 0.533. The maximum Gasteiger partial charge on any atom is 0.416 e. The van der Waals surface area contributed by atoms with Crippen LogP contribution in [0.3, 0.4) is 0 Å². The first kappa shape index (κ1) is 17.9. The highest BCUT2D eigenvalue weighted by molar-refractivity contribution is 7.82. The molecule has 1 heterocycles. The number of benzene rings is 1. The third-order valence-electron chi connectivity index (χ3n) is 3.78. The van der Waals surface area contributed by atoms with Gasteiger partial charge in [0.1, 0.15) is 11.0 Å². The zero-order valence-electron chi connectivity index (χ0n) is 12.6. The van der Waals surface area contributed by atoms with Gasteiger partial charge < -0.3 is 4.74 Å². The van der Waals surface area contributed by atoms with Crippen molar-refractivity contribution in [3.63, 3.8) is 0 Å². The van der Waals surface area contributed by atoms with E-state index in [0.29, 0.717) is 13.0 Å². The molecule has 1 fully saturated rings. The van der Waals surface area contributed by atoms with Gasteiger partial charge in [-0.2, -0.15) is 13.2 Å². The first-order valence-electron chi connectivity index (χ1n) is 7.25. The average molecular weight is 349 g/mol. The fourth-order valence-electron chi connectivity index (χ4n) is 2.59. The molecule has 23 heavy (non-hydrogen) atoms. The molecule has 1 aliphatic rings. The fourth-order valence-corrected chi connectivity index (χ4v) is 4.03. The summed E-state index contributed by atoms with van der Waals surface area (Å²) in [6, 6.07) is 4.22. The minimum Gasteiger partial charge on any atom is -0.469 e. The molecule has 0 amide bonds. The lowest BCUT2D eigenvalue weighted by atomic mass is 10.0. The normalized spacial score (nSPS) is 21.0. The molecule has 1 aromatic rings. The number of alkyl halides is 3. The maximum atomic E-state index is 12.8. The van der Waals surface area contributed by atoms with Crippen LogP contribution in [0.15, 0.2) is 29.2 Å². The molecule has 8 heteroatoms. The lowest BCUT2D eigenvalue weighted by Crippen LogP contribution is -2.42. The van der Waals surface area contributed by atoms with Crippen molar-refractivity contribution in [2.45, 2.75) is 42.8 Å². The van der Waals surface area contributed by atoms with E-state index in [1.54, 1.807) is 4.31 Å². The van der Waals surface area contributed by atoms with Gasteiger partial charge in [-0.1, -0.05) is 12.5 Å². The summed E-state index contributed by atoms with van der Waals surface area (Å²) in [5.41, 5.74) is -0.829. The summed E-state index contributed by atoms with van der Waals surface area (Å²) >= 11 is 0. The van der Waals surface area contributed by atoms with Crippen molar-refractivity contribution < 1.29 is 26.9 Å². The van der Waals surface area contributed by atoms with E-state index in [0.717, 1.165) is 25.0 Å². The Bertz CT molecular complexity index is 592. The highest BCUT2D eigenvalue weighted by Crippen LogP contribution is 2.31. The predicted octanol–water partition coefficient (Wildman–Crippen LogP) is 3.15. The Hall–Kier alpha value is -1.41. The van der Waals surface area contributed by atoms with Crippen molar-refractivity contribution in [3.8, 4) is 0 Å². The average Bonchev–Trinajstić information content (AvgIpc) is 2.54. The minimum absolute atomic E-state index is 0.0845. The van der Waals surface area contributed by atoms with Crippen LogP contribution in [0.2, 0.25) is 0 Å². The predicted molar refractivity (Wildman–Crippen MR) is 78.8 cm³/mol. The SMILES string of the molecule is COC(=O)CC1CCCCN1S(=O)c1cccc(C(F)(F)F)c1. The van der Waals surface area contributed by atoms with Gasteiger partial charge in [-0.3, -0.25) is 4.79 Å². The van der Waals surface area contributed by atoms with Crippen LogP contribution in [0, 0.1) is 0 Å². The van der Waals surface area contributed by atoms with Crippen LogP contribution < -0.4 is 0 Å². The molecule has 2 rings (SSSR count). The van der Waals surface area contributed by atoms with E-state index < -0.39 is 28.7 Å². The number of carbonyl (C=O) groups excluding carboxylic acids is 1. The van der Waals surface area contributed by atoms with Crippen LogP contribution in [0.5, 0.6) is 0 Å². The number of carbonyl (C=O) groups is 1. The minimum atomic E-state index is -4.48. The zero-order chi connectivity index (χ0) is 17.0. The lowest BCUT2D eigenvalue weighted by molar-refractivity contribution is -0.141. The number of rotatable bonds is 4. The summed E-state index contributed by atoms with van der Waals surface area (Å²) in [4.78, 5) is 11.6. The molecule has 0 aliphatic carbocycles. The summed E-state index contributed by atoms with van der Waals surface area (Å²) in [5.74, 6) is -0.414. The second-order valence-corrected chi connectivity index (χ2v) is 6.78. The first-order valence-corrected chi connectivity index (χ1v) is 8.36. The summed E-state index contributed by atoms with van der Waals surface area (Å²) < 4.78 is 57.3. The quantitative estimate of drug-likeness (QED) is 0.785. The van der Waals surface area contributed by atoms with Crippen LogP contribution in [0.1, 0.15) is 31.2 Å². The van der Waals surface area contributed by atoms with Crippen molar-refractivity contribution in [2.75, 3.05) is 13.7 Å². The van der Waals surface area contributed by atoms with E-state index in [1.807, 2.05) is 0 Å². The molecule has 0 aromatic heterocycles. The number of hydrogen-bond acceptors (Lipinski definition) is 3. The highest BCUT2D eigenvalue weighted by atomic mass is 32.2. The van der Waals surface area contributed by atoms with Gasteiger partial charge >= 0.3 is 12.1 Å². The van der Waals surface area contributed by atoms with Crippen LogP contribution in [-0.2, 0) is 26.7 Å². The molecule has 2 atom stereocenters. The Morgan fingerprint density at radius 2 is 2.13 bits per heavy atom. The van der Waals surface area contributed by atoms with Crippen LogP contribution in [0.4, 0.5) is 13.2 Å². The van der Waals surface area contributed by atoms with E-state index in [9.17, 15) is 22.2 Å². The summed E-state index contributed by atoms with van der Waals surface area (Å²) in [6.45, 7) is 0.477. The molecular formula is C15H18F3NO3S. The Labute approximate surface area is 135 Å². The van der Waals surface area contributed by atoms with Gasteiger partial charge in [-0.05, 0) is 31.0 Å². The van der Waals surface area contributed by atoms with E-state index in [4.69, 9.17) is 0 Å². The molecule has 1 aliphatic heterocycles. The third-order valence-corrected chi connectivity index (χ3v) is 5.34. The van der Waals surface area contributed by atoms with Gasteiger partial charge in [0.15, 0.2) is 0 Å². The van der Waals surface area contributed by atoms with Gasteiger partial charge in [0, 0.05) is 12.6 Å². The number of ether oxygens (including phenoxy) is 1. The standard InChI is InChI=1S/C15H18F3NO3S/c1-22-14(20)10-12-6-2-3-8-19(12)23(21)13-7-4-5-11(9-13)15(16,17)18/h4-5,7,9,12H,2-3,6,8,10H2,1H3. The van der Waals surface area contributed by atoms with Crippen molar-refractivity contribution in [1.29, 1.82) is 0 Å². The van der Waals surface area contributed by atoms with Gasteiger partial charge in [-0.15, -0.1) is 0 Å². The molecule has 128 valence electrons. The third kappa shape index (κ3) is 4.54. The van der Waals surface area contributed by atoms with Gasteiger partial charge in [0.2, 0.25) is 0 Å². The van der Waals surface area contributed by atoms with Crippen LogP contribution in [-0.4, -0.2) is 34.2 Å². The molecule has 2 unspecified atom stereocenters. The molecular weight excluding hydrogens is 331 g/mol. The largest absolute Gasteiger partial charge is 0.469 e. The monoisotopic (exact) mass is 349 g/mol. The first-order chi connectivity index (χ1) is 10.8. The molecule has 0 N–H and O–H groups in total. The topological polar surface area (TPSA) is 46.6 Å². The number of methoxy groups -OCH3 is 1. The smallest absolute Gasteiger partial charge is 0.416 e. The summed E-state index contributed by atoms with van der Waals surface area (Å²) in [5, 5.41) is 0. The van der Waals surface area contributed by atoms with E-state index >= 15 is 0 Å². The second-order valence-electron chi connectivity index (χ2n) is 5.35. The molecule has 0 saturated carbocycles. The summed E-state index contributed by atoms with van der Waals surface area (Å²) in [6.07, 6.45) is -2.05. The Morgan fingerprint density at radius 3 is 2.78 bits per heavy atom. The molecule has 0 spiro atoms. The maximum absolute atomic E-state index is 12.8. The molecule has 0 bridgehead atoms. The molecule has 0 radical (unpaired) electrons. The van der Waals surface area contributed by atoms with Crippen LogP contribution >= 0.6 is 0 Å². The number of piperidine rings is 1. The van der Waals surface area contributed by atoms with Gasteiger partial charge in [-0.25, -0.2) is 8.51 Å². The van der Waals surface area contributed by atoms with E-state index in [1.165, 1.54) is 19.2 Å². The van der Waals surface area contributed by atoms with Gasteiger partial charge in [0.05, 0.1) is 24.0 Å². The second kappa shape index (κ2) is 7.44. The molecule has 4 nitrogen and oxygen atoms in total. The van der Waals surface area contributed by atoms with Crippen molar-refractivity contribution in [3.05, 3.63) is 29.8 Å². The lowest BCUT2D eigenvalue weighted by Gasteiger charge is -2.33. The van der Waals surface area contributed by atoms with Crippen LogP contribution in [0.25, 0.3) is 0 Å². The van der Waals surface area contributed by atoms with Crippen molar-refractivity contribution in [2.24, 2.45) is 0 Å². The molecule has 1 aromatic carbocycles. The highest BCUT2D eigenvalue weighted by Gasteiger charge is 2.33. The number of nitrogens with zero attached hydrogens (tertiary/aromatic N) is 1.